The fourth-order valence-corrected chi connectivity index (χ4v) is 4.01. The largest absolute Gasteiger partial charge is 0.416 e. The smallest absolute Gasteiger partial charge is 0.356 e. The molecule has 0 bridgehead atoms. The van der Waals surface area contributed by atoms with Crippen LogP contribution in [0, 0.1) is 0 Å². The maximum atomic E-state index is 13.0. The lowest BCUT2D eigenvalue weighted by atomic mass is 9.94. The van der Waals surface area contributed by atoms with Crippen molar-refractivity contribution in [3.8, 4) is 11.1 Å². The van der Waals surface area contributed by atoms with Crippen LogP contribution in [-0.2, 0) is 11.0 Å². The second-order valence-electron chi connectivity index (χ2n) is 8.39. The number of anilines is 2. The lowest BCUT2D eigenvalue weighted by Crippen LogP contribution is -2.18. The van der Waals surface area contributed by atoms with Gasteiger partial charge < -0.3 is 10.6 Å². The van der Waals surface area contributed by atoms with Gasteiger partial charge in [0.15, 0.2) is 0 Å². The van der Waals surface area contributed by atoms with Gasteiger partial charge >= 0.3 is 6.18 Å². The number of nitrogens with one attached hydrogen (secondary N) is 2. The highest BCUT2D eigenvalue weighted by Crippen LogP contribution is 2.34. The Hall–Kier alpha value is -5.16. The molecule has 5 rings (SSSR count). The van der Waals surface area contributed by atoms with Gasteiger partial charge in [-0.25, -0.2) is 9.97 Å². The number of carbonyl (C=O) groups is 1. The first-order valence-corrected chi connectivity index (χ1v) is 11.5. The van der Waals surface area contributed by atoms with E-state index in [-0.39, 0.29) is 5.91 Å². The van der Waals surface area contributed by atoms with E-state index >= 15 is 0 Å². The lowest BCUT2D eigenvalue weighted by Gasteiger charge is -2.13. The zero-order valence-corrected chi connectivity index (χ0v) is 19.8. The fourth-order valence-electron chi connectivity index (χ4n) is 4.01. The molecular weight excluding hydrogens is 489 g/mol. The second kappa shape index (κ2) is 10.1. The van der Waals surface area contributed by atoms with Crippen molar-refractivity contribution in [3.05, 3.63) is 126 Å². The summed E-state index contributed by atoms with van der Waals surface area (Å²) in [4.78, 5) is 20.4. The van der Waals surface area contributed by atoms with Gasteiger partial charge in [-0.2, -0.15) is 13.2 Å². The third-order valence-electron chi connectivity index (χ3n) is 5.79. The molecule has 3 aromatic carbocycles. The number of carbonyl (C=O) groups excluding carboxylic acids is 1. The topological polar surface area (TPSA) is 66.9 Å². The van der Waals surface area contributed by atoms with E-state index in [0.717, 1.165) is 45.3 Å². The van der Waals surface area contributed by atoms with Crippen molar-refractivity contribution in [2.75, 3.05) is 5.32 Å². The van der Waals surface area contributed by atoms with Gasteiger partial charge in [-0.05, 0) is 83.1 Å². The molecule has 0 fully saturated rings. The van der Waals surface area contributed by atoms with Crippen molar-refractivity contribution in [2.24, 2.45) is 0 Å². The Balaban J connectivity index is 1.47. The summed E-state index contributed by atoms with van der Waals surface area (Å²) in [6.45, 7) is 3.46. The van der Waals surface area contributed by atoms with E-state index < -0.39 is 11.7 Å². The summed E-state index contributed by atoms with van der Waals surface area (Å²) in [6.07, 6.45) is 3.49. The molecule has 0 saturated heterocycles. The summed E-state index contributed by atoms with van der Waals surface area (Å²) < 4.78 is 39.1. The molecule has 0 aliphatic heterocycles. The Bertz CT molecular complexity index is 1710. The predicted molar refractivity (Wildman–Crippen MR) is 141 cm³/mol. The van der Waals surface area contributed by atoms with Crippen LogP contribution in [0.25, 0.3) is 27.6 Å². The van der Waals surface area contributed by atoms with Crippen LogP contribution in [0.1, 0.15) is 11.1 Å². The van der Waals surface area contributed by atoms with Gasteiger partial charge in [0, 0.05) is 28.5 Å². The van der Waals surface area contributed by atoms with Crippen LogP contribution in [0.2, 0.25) is 0 Å². The Labute approximate surface area is 216 Å². The highest BCUT2D eigenvalue weighted by atomic mass is 19.4. The number of benzene rings is 3. The van der Waals surface area contributed by atoms with Crippen molar-refractivity contribution in [3.63, 3.8) is 0 Å². The monoisotopic (exact) mass is 508 g/mol. The number of amides is 1. The van der Waals surface area contributed by atoms with Crippen molar-refractivity contribution in [2.45, 2.75) is 6.18 Å². The van der Waals surface area contributed by atoms with E-state index in [2.05, 4.69) is 38.6 Å². The molecule has 1 aliphatic rings. The zero-order chi connectivity index (χ0) is 26.7. The van der Waals surface area contributed by atoms with Crippen LogP contribution in [0.5, 0.6) is 0 Å². The number of alkyl halides is 3. The number of allylic oxidation sites excluding steroid dienone is 3. The number of nitrogens with zero attached hydrogens (tertiary/aromatic N) is 2. The molecule has 5 nitrogen and oxygen atoms in total. The second-order valence-corrected chi connectivity index (χ2v) is 8.39. The fraction of sp³-hybridized carbons (Fsp3) is 0.0333. The molecule has 0 atom stereocenters. The van der Waals surface area contributed by atoms with E-state index in [9.17, 15) is 18.0 Å². The van der Waals surface area contributed by atoms with Gasteiger partial charge in [0.1, 0.15) is 6.33 Å². The maximum absolute atomic E-state index is 13.0. The zero-order valence-electron chi connectivity index (χ0n) is 19.8. The van der Waals surface area contributed by atoms with E-state index in [1.807, 2.05) is 24.3 Å². The number of hydrogen-bond acceptors (Lipinski definition) is 4. The minimum Gasteiger partial charge on any atom is -0.356 e. The Kier molecular flexibility index (Phi) is 6.50. The summed E-state index contributed by atoms with van der Waals surface area (Å²) in [5.41, 5.74) is 10.6. The normalized spacial score (nSPS) is 12.6. The van der Waals surface area contributed by atoms with Crippen molar-refractivity contribution in [1.29, 1.82) is 0 Å². The molecule has 0 radical (unpaired) electrons. The lowest BCUT2D eigenvalue weighted by molar-refractivity contribution is -0.137. The minimum absolute atomic E-state index is 0.342. The van der Waals surface area contributed by atoms with Crippen LogP contribution in [0.4, 0.5) is 24.5 Å². The number of hydrogen-bond donors (Lipinski definition) is 2. The minimum atomic E-state index is -4.41. The van der Waals surface area contributed by atoms with E-state index in [4.69, 9.17) is 0 Å². The first kappa shape index (κ1) is 24.5. The van der Waals surface area contributed by atoms with Crippen LogP contribution >= 0.6 is 0 Å². The van der Waals surface area contributed by atoms with Crippen LogP contribution in [-0.4, -0.2) is 15.9 Å². The van der Waals surface area contributed by atoms with Crippen LogP contribution < -0.4 is 10.6 Å². The summed E-state index contributed by atoms with van der Waals surface area (Å²) in [6, 6.07) is 16.4. The Morgan fingerprint density at radius 1 is 1.00 bits per heavy atom. The molecule has 186 valence electrons. The molecule has 1 aliphatic carbocycles. The summed E-state index contributed by atoms with van der Waals surface area (Å²) >= 11 is 0. The molecule has 1 heterocycles. The van der Waals surface area contributed by atoms with Gasteiger partial charge in [0.25, 0.3) is 0 Å². The summed E-state index contributed by atoms with van der Waals surface area (Å²) in [5, 5.41) is 6.52. The molecular formula is C30H19F3N4O. The average molecular weight is 509 g/mol. The van der Waals surface area contributed by atoms with E-state index in [1.165, 1.54) is 18.5 Å². The van der Waals surface area contributed by atoms with Gasteiger partial charge in [-0.3, -0.25) is 4.79 Å². The number of rotatable bonds is 6. The van der Waals surface area contributed by atoms with Crippen molar-refractivity contribution in [1.82, 2.24) is 15.3 Å². The molecule has 8 heteroatoms. The molecule has 0 saturated carbocycles. The van der Waals surface area contributed by atoms with Gasteiger partial charge in [0.2, 0.25) is 5.91 Å². The highest BCUT2D eigenvalue weighted by molar-refractivity contribution is 5.97. The van der Waals surface area contributed by atoms with E-state index in [1.54, 1.807) is 36.5 Å². The number of fused-ring (bicyclic) bond motifs is 1. The van der Waals surface area contributed by atoms with Crippen molar-refractivity contribution >= 4 is 33.8 Å². The predicted octanol–water partition coefficient (Wildman–Crippen LogP) is 6.95. The van der Waals surface area contributed by atoms with Crippen molar-refractivity contribution < 1.29 is 18.0 Å². The Morgan fingerprint density at radius 3 is 2.58 bits per heavy atom. The molecule has 38 heavy (non-hydrogen) atoms. The average Bonchev–Trinajstić information content (AvgIpc) is 2.92. The maximum Gasteiger partial charge on any atom is 0.416 e. The van der Waals surface area contributed by atoms with Crippen LogP contribution in [0.15, 0.2) is 115 Å². The third-order valence-corrected chi connectivity index (χ3v) is 5.79. The molecule has 4 aromatic rings. The first-order valence-electron chi connectivity index (χ1n) is 11.5. The van der Waals surface area contributed by atoms with Gasteiger partial charge in [-0.1, -0.05) is 30.5 Å². The summed E-state index contributed by atoms with van der Waals surface area (Å²) in [5.74, 6) is -0.355. The molecule has 0 unspecified atom stereocenters. The SMILES string of the molecule is C=CC(=O)NC1=C=C=CC(c2cc(-c3ccc(Nc4cccc(C(F)(F)F)c4)cc3)cc3cncnc23)=C1. The summed E-state index contributed by atoms with van der Waals surface area (Å²) in [7, 11) is 0. The van der Waals surface area contributed by atoms with Gasteiger partial charge in [0.05, 0.1) is 16.8 Å². The third kappa shape index (κ3) is 5.32. The molecule has 0 spiro atoms. The first-order chi connectivity index (χ1) is 18.3. The van der Waals surface area contributed by atoms with Gasteiger partial charge in [-0.15, -0.1) is 0 Å². The molecule has 2 N–H and O–H groups in total. The highest BCUT2D eigenvalue weighted by Gasteiger charge is 2.30. The Morgan fingerprint density at radius 2 is 1.82 bits per heavy atom. The molecule has 1 aromatic heterocycles. The number of aromatic nitrogens is 2. The quantitative estimate of drug-likeness (QED) is 0.218. The molecule has 1 amide bonds. The van der Waals surface area contributed by atoms with E-state index in [0.29, 0.717) is 17.1 Å². The number of halogens is 3. The standard InChI is InChI=1S/C30H19F3N4O/c1-2-28(38)37-25-7-3-5-20(14-25)27-15-21(13-22-17-34-18-35-29(22)27)19-9-11-24(12-10-19)36-26-8-4-6-23(16-26)30(31,32)33/h2,4-6,8-18,36H,1H2,(H,37,38). The van der Waals surface area contributed by atoms with Crippen LogP contribution in [0.3, 0.4) is 0 Å².